The second kappa shape index (κ2) is 11.0. The molecule has 124 valence electrons. The molecule has 1 aliphatic carbocycles. The predicted molar refractivity (Wildman–Crippen MR) is 85.0 cm³/mol. The van der Waals surface area contributed by atoms with Crippen LogP contribution in [0.15, 0.2) is 0 Å². The van der Waals surface area contributed by atoms with Crippen molar-refractivity contribution in [2.45, 2.75) is 72.0 Å². The molecule has 1 N–H and O–H groups in total. The summed E-state index contributed by atoms with van der Waals surface area (Å²) in [5, 5.41) is 2.99. The van der Waals surface area contributed by atoms with Gasteiger partial charge in [-0.15, -0.1) is 0 Å². The molecule has 0 atom stereocenters. The number of carbonyl (C=O) groups is 1. The zero-order chi connectivity index (χ0) is 15.5. The average Bonchev–Trinajstić information content (AvgIpc) is 2.51. The molecule has 0 bridgehead atoms. The Morgan fingerprint density at radius 2 is 1.71 bits per heavy atom. The molecule has 1 aliphatic rings. The number of rotatable bonds is 10. The van der Waals surface area contributed by atoms with Crippen LogP contribution >= 0.6 is 0 Å². The third kappa shape index (κ3) is 7.28. The summed E-state index contributed by atoms with van der Waals surface area (Å²) in [4.78, 5) is 12.2. The van der Waals surface area contributed by atoms with Crippen molar-refractivity contribution in [1.29, 1.82) is 0 Å². The van der Waals surface area contributed by atoms with Gasteiger partial charge in [-0.3, -0.25) is 4.79 Å². The summed E-state index contributed by atoms with van der Waals surface area (Å²) in [5.74, 6) is 1.20. The van der Waals surface area contributed by atoms with E-state index in [0.29, 0.717) is 19.8 Å². The van der Waals surface area contributed by atoms with Gasteiger partial charge in [-0.25, -0.2) is 0 Å². The second-order valence-corrected chi connectivity index (χ2v) is 5.95. The first-order valence-electron chi connectivity index (χ1n) is 8.72. The van der Waals surface area contributed by atoms with Gasteiger partial charge in [-0.2, -0.15) is 0 Å². The minimum absolute atomic E-state index is 0.174. The van der Waals surface area contributed by atoms with Crippen LogP contribution in [0.3, 0.4) is 0 Å². The quantitative estimate of drug-likeness (QED) is 0.628. The fourth-order valence-corrected chi connectivity index (χ4v) is 3.07. The maximum atomic E-state index is 12.2. The van der Waals surface area contributed by atoms with E-state index in [-0.39, 0.29) is 18.1 Å². The van der Waals surface area contributed by atoms with Crippen molar-refractivity contribution < 1.29 is 14.3 Å². The lowest BCUT2D eigenvalue weighted by molar-refractivity contribution is -0.142. The molecule has 0 saturated heterocycles. The summed E-state index contributed by atoms with van der Waals surface area (Å²) in [7, 11) is 0. The Morgan fingerprint density at radius 3 is 2.24 bits per heavy atom. The van der Waals surface area contributed by atoms with Crippen LogP contribution in [-0.2, 0) is 14.3 Å². The number of hydrogen-bond donors (Lipinski definition) is 1. The topological polar surface area (TPSA) is 47.6 Å². The molecule has 1 fully saturated rings. The van der Waals surface area contributed by atoms with Gasteiger partial charge in [0.2, 0.25) is 5.91 Å². The van der Waals surface area contributed by atoms with Gasteiger partial charge in [0.05, 0.1) is 6.54 Å². The van der Waals surface area contributed by atoms with Crippen LogP contribution in [0.4, 0.5) is 0 Å². The normalized spacial score (nSPS) is 22.5. The molecular weight excluding hydrogens is 266 g/mol. The highest BCUT2D eigenvalue weighted by atomic mass is 16.7. The zero-order valence-corrected chi connectivity index (χ0v) is 14.0. The monoisotopic (exact) mass is 299 g/mol. The van der Waals surface area contributed by atoms with Crippen molar-refractivity contribution in [3.8, 4) is 0 Å². The second-order valence-electron chi connectivity index (χ2n) is 5.95. The van der Waals surface area contributed by atoms with Crippen LogP contribution < -0.4 is 5.32 Å². The van der Waals surface area contributed by atoms with E-state index < -0.39 is 0 Å². The minimum Gasteiger partial charge on any atom is -0.351 e. The Morgan fingerprint density at radius 1 is 1.10 bits per heavy atom. The lowest BCUT2D eigenvalue weighted by atomic mass is 9.79. The smallest absolute Gasteiger partial charge is 0.223 e. The highest BCUT2D eigenvalue weighted by Gasteiger charge is 2.26. The Bertz CT molecular complexity index is 269. The summed E-state index contributed by atoms with van der Waals surface area (Å²) in [5.41, 5.74) is 0. The number of unbranched alkanes of at least 4 members (excludes halogenated alkanes) is 1. The summed E-state index contributed by atoms with van der Waals surface area (Å²) < 4.78 is 10.9. The largest absolute Gasteiger partial charge is 0.351 e. The van der Waals surface area contributed by atoms with E-state index in [1.165, 1.54) is 32.1 Å². The van der Waals surface area contributed by atoms with Crippen LogP contribution in [0.2, 0.25) is 0 Å². The van der Waals surface area contributed by atoms with Gasteiger partial charge in [-0.1, -0.05) is 26.2 Å². The van der Waals surface area contributed by atoms with Crippen LogP contribution in [-0.4, -0.2) is 32.0 Å². The minimum atomic E-state index is -0.315. The maximum absolute atomic E-state index is 12.2. The van der Waals surface area contributed by atoms with Crippen LogP contribution in [0, 0.1) is 11.8 Å². The molecule has 4 nitrogen and oxygen atoms in total. The fraction of sp³-hybridized carbons (Fsp3) is 0.941. The molecular formula is C17H33NO3. The first kappa shape index (κ1) is 18.4. The third-order valence-electron chi connectivity index (χ3n) is 4.33. The Labute approximate surface area is 130 Å². The highest BCUT2D eigenvalue weighted by Crippen LogP contribution is 2.31. The van der Waals surface area contributed by atoms with Gasteiger partial charge in [-0.05, 0) is 45.4 Å². The van der Waals surface area contributed by atoms with E-state index in [4.69, 9.17) is 9.47 Å². The zero-order valence-electron chi connectivity index (χ0n) is 14.0. The number of hydrogen-bond acceptors (Lipinski definition) is 3. The van der Waals surface area contributed by atoms with Crippen molar-refractivity contribution in [3.63, 3.8) is 0 Å². The molecule has 0 unspecified atom stereocenters. The lowest BCUT2D eigenvalue weighted by Crippen LogP contribution is -2.39. The standard InChI is InChI=1S/C17H33NO3/c1-4-7-8-14-9-11-15(12-10-14)17(19)18-13-16(20-5-2)21-6-3/h14-16H,4-13H2,1-3H3,(H,18,19). The van der Waals surface area contributed by atoms with Crippen LogP contribution in [0.5, 0.6) is 0 Å². The summed E-state index contributed by atoms with van der Waals surface area (Å²) in [6.07, 6.45) is 8.11. The predicted octanol–water partition coefficient (Wildman–Crippen LogP) is 3.50. The summed E-state index contributed by atoms with van der Waals surface area (Å²) in [6, 6.07) is 0. The fourth-order valence-electron chi connectivity index (χ4n) is 3.07. The SMILES string of the molecule is CCCCC1CCC(C(=O)NCC(OCC)OCC)CC1. The van der Waals surface area contributed by atoms with E-state index in [1.54, 1.807) is 0 Å². The highest BCUT2D eigenvalue weighted by molar-refractivity contribution is 5.78. The number of carbonyl (C=O) groups excluding carboxylic acids is 1. The molecule has 1 amide bonds. The third-order valence-corrected chi connectivity index (χ3v) is 4.33. The molecule has 0 aliphatic heterocycles. The number of amides is 1. The van der Waals surface area contributed by atoms with Gasteiger partial charge in [0.1, 0.15) is 0 Å². The van der Waals surface area contributed by atoms with Crippen molar-refractivity contribution in [1.82, 2.24) is 5.32 Å². The van der Waals surface area contributed by atoms with Crippen molar-refractivity contribution in [3.05, 3.63) is 0 Å². The molecule has 0 aromatic rings. The van der Waals surface area contributed by atoms with E-state index >= 15 is 0 Å². The Balaban J connectivity index is 2.23. The molecule has 4 heteroatoms. The van der Waals surface area contributed by atoms with Gasteiger partial charge >= 0.3 is 0 Å². The molecule has 1 saturated carbocycles. The molecule has 1 rings (SSSR count). The van der Waals surface area contributed by atoms with Crippen LogP contribution in [0.1, 0.15) is 65.7 Å². The molecule has 0 aromatic heterocycles. The molecule has 21 heavy (non-hydrogen) atoms. The average molecular weight is 299 g/mol. The first-order valence-corrected chi connectivity index (χ1v) is 8.72. The van der Waals surface area contributed by atoms with E-state index in [9.17, 15) is 4.79 Å². The molecule has 0 spiro atoms. The van der Waals surface area contributed by atoms with E-state index in [0.717, 1.165) is 18.8 Å². The first-order chi connectivity index (χ1) is 10.2. The van der Waals surface area contributed by atoms with Crippen molar-refractivity contribution in [2.24, 2.45) is 11.8 Å². The maximum Gasteiger partial charge on any atom is 0.223 e. The molecule has 0 radical (unpaired) electrons. The molecule has 0 heterocycles. The summed E-state index contributed by atoms with van der Waals surface area (Å²) >= 11 is 0. The van der Waals surface area contributed by atoms with Gasteiger partial charge < -0.3 is 14.8 Å². The van der Waals surface area contributed by atoms with E-state index in [2.05, 4.69) is 12.2 Å². The van der Waals surface area contributed by atoms with Gasteiger partial charge in [0, 0.05) is 19.1 Å². The number of nitrogens with one attached hydrogen (secondary N) is 1. The van der Waals surface area contributed by atoms with Crippen molar-refractivity contribution in [2.75, 3.05) is 19.8 Å². The van der Waals surface area contributed by atoms with Crippen LogP contribution in [0.25, 0.3) is 0 Å². The Hall–Kier alpha value is -0.610. The lowest BCUT2D eigenvalue weighted by Gasteiger charge is -2.28. The van der Waals surface area contributed by atoms with Gasteiger partial charge in [0.25, 0.3) is 0 Å². The van der Waals surface area contributed by atoms with Gasteiger partial charge in [0.15, 0.2) is 6.29 Å². The number of ether oxygens (including phenoxy) is 2. The molecule has 0 aromatic carbocycles. The summed E-state index contributed by atoms with van der Waals surface area (Å²) in [6.45, 7) is 7.77. The van der Waals surface area contributed by atoms with Crippen molar-refractivity contribution >= 4 is 5.91 Å². The van der Waals surface area contributed by atoms with E-state index in [1.807, 2.05) is 13.8 Å². The Kier molecular flexibility index (Phi) is 9.68.